The number of thiazole rings is 1. The summed E-state index contributed by atoms with van der Waals surface area (Å²) >= 11 is 1.75. The third-order valence-electron chi connectivity index (χ3n) is 2.86. The number of hydrogen-bond donors (Lipinski definition) is 1. The van der Waals surface area contributed by atoms with Crippen LogP contribution in [0.25, 0.3) is 10.6 Å². The van der Waals surface area contributed by atoms with Crippen LogP contribution in [0.3, 0.4) is 0 Å². The first-order valence-corrected chi connectivity index (χ1v) is 7.31. The Balaban J connectivity index is 2.30. The van der Waals surface area contributed by atoms with Gasteiger partial charge >= 0.3 is 0 Å². The van der Waals surface area contributed by atoms with Crippen LogP contribution < -0.4 is 5.32 Å². The second-order valence-electron chi connectivity index (χ2n) is 4.47. The van der Waals surface area contributed by atoms with Gasteiger partial charge in [-0.25, -0.2) is 4.98 Å². The molecule has 0 amide bonds. The molecule has 3 nitrogen and oxygen atoms in total. The highest BCUT2D eigenvalue weighted by Gasteiger charge is 2.12. The quantitative estimate of drug-likeness (QED) is 0.878. The maximum absolute atomic E-state index is 5.24. The highest BCUT2D eigenvalue weighted by Crippen LogP contribution is 2.29. The summed E-state index contributed by atoms with van der Waals surface area (Å²) < 4.78 is 5.24. The molecule has 1 aromatic heterocycles. The number of ether oxygens (including phenoxy) is 1. The van der Waals surface area contributed by atoms with Crippen molar-refractivity contribution in [3.63, 3.8) is 0 Å². The average molecular weight is 276 g/mol. The zero-order chi connectivity index (χ0) is 13.7. The van der Waals surface area contributed by atoms with E-state index >= 15 is 0 Å². The molecule has 0 saturated carbocycles. The van der Waals surface area contributed by atoms with Gasteiger partial charge in [0.05, 0.1) is 12.3 Å². The van der Waals surface area contributed by atoms with Crippen LogP contribution in [-0.4, -0.2) is 18.6 Å². The maximum atomic E-state index is 5.24. The van der Waals surface area contributed by atoms with Crippen molar-refractivity contribution in [3.8, 4) is 10.6 Å². The molecule has 102 valence electrons. The number of aryl methyl sites for hydroxylation is 1. The topological polar surface area (TPSA) is 34.2 Å². The maximum Gasteiger partial charge on any atom is 0.124 e. The lowest BCUT2D eigenvalue weighted by Crippen LogP contribution is -2.12. The van der Waals surface area contributed by atoms with Crippen LogP contribution in [0, 0.1) is 6.92 Å². The summed E-state index contributed by atoms with van der Waals surface area (Å²) in [5.74, 6) is 0. The van der Waals surface area contributed by atoms with Gasteiger partial charge in [-0.3, -0.25) is 0 Å². The molecule has 0 saturated heterocycles. The summed E-state index contributed by atoms with van der Waals surface area (Å²) in [6.07, 6.45) is 0. The van der Waals surface area contributed by atoms with Gasteiger partial charge in [-0.2, -0.15) is 0 Å². The van der Waals surface area contributed by atoms with Gasteiger partial charge in [-0.05, 0) is 19.5 Å². The van der Waals surface area contributed by atoms with E-state index in [1.165, 1.54) is 16.0 Å². The Morgan fingerprint density at radius 2 is 2.21 bits per heavy atom. The Hall–Kier alpha value is -1.23. The van der Waals surface area contributed by atoms with Gasteiger partial charge in [0, 0.05) is 24.1 Å². The summed E-state index contributed by atoms with van der Waals surface area (Å²) in [5.41, 5.74) is 3.49. The minimum Gasteiger partial charge on any atom is -0.378 e. The molecule has 0 bridgehead atoms. The van der Waals surface area contributed by atoms with E-state index in [4.69, 9.17) is 9.72 Å². The lowest BCUT2D eigenvalue weighted by atomic mass is 10.1. The number of aromatic nitrogens is 1. The van der Waals surface area contributed by atoms with Crippen molar-refractivity contribution in [2.24, 2.45) is 0 Å². The molecule has 19 heavy (non-hydrogen) atoms. The Morgan fingerprint density at radius 3 is 2.89 bits per heavy atom. The molecule has 2 aromatic rings. The second kappa shape index (κ2) is 6.80. The molecule has 0 atom stereocenters. The summed E-state index contributed by atoms with van der Waals surface area (Å²) in [6, 6.07) is 8.46. The molecule has 0 aliphatic rings. The number of hydrogen-bond acceptors (Lipinski definition) is 4. The fraction of sp³-hybridized carbons (Fsp3) is 0.400. The van der Waals surface area contributed by atoms with Crippen LogP contribution in [0.1, 0.15) is 23.1 Å². The van der Waals surface area contributed by atoms with Crippen LogP contribution in [0.2, 0.25) is 0 Å². The first-order chi connectivity index (χ1) is 9.24. The van der Waals surface area contributed by atoms with Crippen molar-refractivity contribution in [3.05, 3.63) is 40.4 Å². The van der Waals surface area contributed by atoms with Gasteiger partial charge < -0.3 is 10.1 Å². The number of methoxy groups -OCH3 is 1. The van der Waals surface area contributed by atoms with Crippen LogP contribution in [0.15, 0.2) is 24.3 Å². The Bertz CT molecular complexity index is 537. The van der Waals surface area contributed by atoms with E-state index in [-0.39, 0.29) is 0 Å². The largest absolute Gasteiger partial charge is 0.378 e. The fourth-order valence-electron chi connectivity index (χ4n) is 1.91. The number of nitrogens with one attached hydrogen (secondary N) is 1. The van der Waals surface area contributed by atoms with Crippen molar-refractivity contribution in [1.29, 1.82) is 0 Å². The predicted molar refractivity (Wildman–Crippen MR) is 80.4 cm³/mol. The lowest BCUT2D eigenvalue weighted by Gasteiger charge is -2.00. The van der Waals surface area contributed by atoms with Gasteiger partial charge in [-0.1, -0.05) is 30.7 Å². The van der Waals surface area contributed by atoms with Crippen LogP contribution in [0.4, 0.5) is 0 Å². The van der Waals surface area contributed by atoms with E-state index in [9.17, 15) is 0 Å². The van der Waals surface area contributed by atoms with Crippen molar-refractivity contribution in [1.82, 2.24) is 10.3 Å². The molecule has 0 spiro atoms. The predicted octanol–water partition coefficient (Wildman–Crippen LogP) is 3.37. The van der Waals surface area contributed by atoms with Gasteiger partial charge in [0.25, 0.3) is 0 Å². The average Bonchev–Trinajstić information content (AvgIpc) is 2.80. The van der Waals surface area contributed by atoms with Crippen LogP contribution >= 0.6 is 11.3 Å². The molecule has 1 heterocycles. The van der Waals surface area contributed by atoms with E-state index in [0.29, 0.717) is 6.61 Å². The van der Waals surface area contributed by atoms with Gasteiger partial charge in [0.15, 0.2) is 0 Å². The molecule has 2 rings (SSSR count). The molecular formula is C15H20N2OS. The summed E-state index contributed by atoms with van der Waals surface area (Å²) in [7, 11) is 1.71. The first kappa shape index (κ1) is 14.2. The highest BCUT2D eigenvalue weighted by molar-refractivity contribution is 7.15. The summed E-state index contributed by atoms with van der Waals surface area (Å²) in [4.78, 5) is 5.98. The van der Waals surface area contributed by atoms with E-state index in [0.717, 1.165) is 23.8 Å². The standard InChI is InChI=1S/C15H20N2OS/c1-4-16-9-14-13(10-18-3)17-15(19-14)12-7-5-6-11(2)8-12/h5-8,16H,4,9-10H2,1-3H3. The van der Waals surface area contributed by atoms with E-state index in [1.54, 1.807) is 18.4 Å². The van der Waals surface area contributed by atoms with E-state index in [1.807, 2.05) is 0 Å². The normalized spacial score (nSPS) is 10.9. The second-order valence-corrected chi connectivity index (χ2v) is 5.56. The molecule has 1 N–H and O–H groups in total. The number of rotatable bonds is 6. The Labute approximate surface area is 118 Å². The summed E-state index contributed by atoms with van der Waals surface area (Å²) in [6.45, 7) is 6.61. The Kier molecular flexibility index (Phi) is 5.07. The minimum absolute atomic E-state index is 0.572. The molecule has 0 aliphatic heterocycles. The van der Waals surface area contributed by atoms with Crippen molar-refractivity contribution >= 4 is 11.3 Å². The monoisotopic (exact) mass is 276 g/mol. The van der Waals surface area contributed by atoms with Gasteiger partial charge in [0.2, 0.25) is 0 Å². The zero-order valence-electron chi connectivity index (χ0n) is 11.7. The smallest absolute Gasteiger partial charge is 0.124 e. The molecule has 0 aliphatic carbocycles. The van der Waals surface area contributed by atoms with Crippen molar-refractivity contribution < 1.29 is 4.74 Å². The first-order valence-electron chi connectivity index (χ1n) is 6.50. The molecule has 0 unspecified atom stereocenters. The highest BCUT2D eigenvalue weighted by atomic mass is 32.1. The molecule has 1 aromatic carbocycles. The van der Waals surface area contributed by atoms with E-state index in [2.05, 4.69) is 43.4 Å². The van der Waals surface area contributed by atoms with Crippen LogP contribution in [-0.2, 0) is 17.9 Å². The Morgan fingerprint density at radius 1 is 1.37 bits per heavy atom. The zero-order valence-corrected chi connectivity index (χ0v) is 12.5. The molecular weight excluding hydrogens is 256 g/mol. The molecule has 0 fully saturated rings. The van der Waals surface area contributed by atoms with Crippen molar-refractivity contribution in [2.75, 3.05) is 13.7 Å². The lowest BCUT2D eigenvalue weighted by molar-refractivity contribution is 0.181. The number of benzene rings is 1. The van der Waals surface area contributed by atoms with Gasteiger partial charge in [0.1, 0.15) is 5.01 Å². The molecule has 4 heteroatoms. The number of nitrogens with zero attached hydrogens (tertiary/aromatic N) is 1. The van der Waals surface area contributed by atoms with E-state index < -0.39 is 0 Å². The SMILES string of the molecule is CCNCc1sc(-c2cccc(C)c2)nc1COC. The van der Waals surface area contributed by atoms with Crippen LogP contribution in [0.5, 0.6) is 0 Å². The van der Waals surface area contributed by atoms with Crippen molar-refractivity contribution in [2.45, 2.75) is 27.0 Å². The molecule has 0 radical (unpaired) electrons. The summed E-state index contributed by atoms with van der Waals surface area (Å²) in [5, 5.41) is 4.43. The fourth-order valence-corrected chi connectivity index (χ4v) is 2.94. The van der Waals surface area contributed by atoms with Gasteiger partial charge in [-0.15, -0.1) is 11.3 Å². The minimum atomic E-state index is 0.572. The third-order valence-corrected chi connectivity index (χ3v) is 4.01. The third kappa shape index (κ3) is 3.62.